The highest BCUT2D eigenvalue weighted by atomic mass is 16.5. The Morgan fingerprint density at radius 3 is 1.97 bits per heavy atom. The van der Waals surface area contributed by atoms with E-state index in [0.717, 1.165) is 27.8 Å². The van der Waals surface area contributed by atoms with E-state index in [4.69, 9.17) is 9.84 Å². The highest BCUT2D eigenvalue weighted by Crippen LogP contribution is 2.21. The summed E-state index contributed by atoms with van der Waals surface area (Å²) in [6, 6.07) is 25.2. The molecule has 0 aliphatic carbocycles. The first-order chi connectivity index (χ1) is 14.5. The molecule has 1 atom stereocenters. The summed E-state index contributed by atoms with van der Waals surface area (Å²) < 4.78 is 5.26. The van der Waals surface area contributed by atoms with Crippen LogP contribution in [-0.2, 0) is 29.0 Å². The van der Waals surface area contributed by atoms with E-state index in [2.05, 4.69) is 5.32 Å². The molecular weight excluding hydrogens is 378 g/mol. The number of carboxylic acids is 1. The van der Waals surface area contributed by atoms with Crippen LogP contribution in [0.15, 0.2) is 78.9 Å². The molecule has 1 amide bonds. The van der Waals surface area contributed by atoms with Gasteiger partial charge in [0.25, 0.3) is 0 Å². The van der Waals surface area contributed by atoms with Crippen molar-refractivity contribution in [2.24, 2.45) is 0 Å². The quantitative estimate of drug-likeness (QED) is 0.564. The summed E-state index contributed by atoms with van der Waals surface area (Å²) in [5.74, 6) is -0.834. The first kappa shape index (κ1) is 21.1. The van der Waals surface area contributed by atoms with Gasteiger partial charge in [-0.2, -0.15) is 0 Å². The van der Waals surface area contributed by atoms with Crippen LogP contribution < -0.4 is 5.32 Å². The number of carbonyl (C=O) groups excluding carboxylic acids is 1. The highest BCUT2D eigenvalue weighted by Gasteiger charge is 2.10. The lowest BCUT2D eigenvalue weighted by Gasteiger charge is -2.14. The summed E-state index contributed by atoms with van der Waals surface area (Å²) in [7, 11) is 0. The van der Waals surface area contributed by atoms with Crippen LogP contribution in [0.25, 0.3) is 11.1 Å². The molecule has 3 aromatic rings. The molecule has 5 nitrogen and oxygen atoms in total. The smallest absolute Gasteiger partial charge is 0.407 e. The maximum atomic E-state index is 12.0. The minimum Gasteiger partial charge on any atom is -0.481 e. The number of aliphatic carboxylic acids is 1. The van der Waals surface area contributed by atoms with Gasteiger partial charge in [0, 0.05) is 6.04 Å². The minimum atomic E-state index is -0.834. The van der Waals surface area contributed by atoms with Crippen molar-refractivity contribution < 1.29 is 19.4 Å². The lowest BCUT2D eigenvalue weighted by Crippen LogP contribution is -2.34. The van der Waals surface area contributed by atoms with Gasteiger partial charge in [-0.3, -0.25) is 4.79 Å². The van der Waals surface area contributed by atoms with Crippen molar-refractivity contribution in [2.75, 3.05) is 0 Å². The second kappa shape index (κ2) is 10.3. The zero-order valence-corrected chi connectivity index (χ0v) is 16.9. The molecule has 0 fully saturated rings. The van der Waals surface area contributed by atoms with E-state index in [1.54, 1.807) is 0 Å². The molecule has 3 rings (SSSR count). The molecule has 0 heterocycles. The van der Waals surface area contributed by atoms with Crippen LogP contribution in [0.4, 0.5) is 4.79 Å². The third-order valence-electron chi connectivity index (χ3n) is 4.72. The SMILES string of the molecule is C[C@H](Cc1ccc(-c2ccc(CC(=O)O)cc2)cc1)NC(=O)OCc1ccccc1. The van der Waals surface area contributed by atoms with Gasteiger partial charge in [-0.1, -0.05) is 78.9 Å². The van der Waals surface area contributed by atoms with Gasteiger partial charge in [0.15, 0.2) is 0 Å². The summed E-state index contributed by atoms with van der Waals surface area (Å²) in [5, 5.41) is 11.7. The number of carboxylic acid groups (broad SMARTS) is 1. The van der Waals surface area contributed by atoms with Gasteiger partial charge in [-0.05, 0) is 41.2 Å². The van der Waals surface area contributed by atoms with Gasteiger partial charge in [0.1, 0.15) is 6.61 Å². The van der Waals surface area contributed by atoms with E-state index >= 15 is 0 Å². The molecule has 5 heteroatoms. The molecule has 0 aliphatic heterocycles. The molecule has 30 heavy (non-hydrogen) atoms. The van der Waals surface area contributed by atoms with Crippen LogP contribution in [0.5, 0.6) is 0 Å². The van der Waals surface area contributed by atoms with Crippen LogP contribution >= 0.6 is 0 Å². The summed E-state index contributed by atoms with van der Waals surface area (Å²) >= 11 is 0. The van der Waals surface area contributed by atoms with Crippen molar-refractivity contribution in [1.29, 1.82) is 0 Å². The third kappa shape index (κ3) is 6.48. The van der Waals surface area contributed by atoms with Gasteiger partial charge in [0.05, 0.1) is 6.42 Å². The van der Waals surface area contributed by atoms with E-state index in [-0.39, 0.29) is 19.1 Å². The van der Waals surface area contributed by atoms with Gasteiger partial charge in [0.2, 0.25) is 0 Å². The first-order valence-corrected chi connectivity index (χ1v) is 9.87. The minimum absolute atomic E-state index is 0.0257. The number of alkyl carbamates (subject to hydrolysis) is 1. The standard InChI is InChI=1S/C25H25NO4/c1-18(26-25(29)30-17-21-5-3-2-4-6-21)15-19-7-11-22(12-8-19)23-13-9-20(10-14-23)16-24(27)28/h2-14,18H,15-17H2,1H3,(H,26,29)(H,27,28)/t18-/m1/s1. The van der Waals surface area contributed by atoms with Crippen LogP contribution in [0.3, 0.4) is 0 Å². The Morgan fingerprint density at radius 1 is 0.833 bits per heavy atom. The van der Waals surface area contributed by atoms with Crippen molar-refractivity contribution in [3.63, 3.8) is 0 Å². The topological polar surface area (TPSA) is 75.6 Å². The summed E-state index contributed by atoms with van der Waals surface area (Å²) in [6.07, 6.45) is 0.292. The normalized spacial score (nSPS) is 11.5. The van der Waals surface area contributed by atoms with Crippen molar-refractivity contribution in [2.45, 2.75) is 32.4 Å². The number of rotatable bonds is 8. The average molecular weight is 403 g/mol. The number of ether oxygens (including phenoxy) is 1. The fourth-order valence-corrected chi connectivity index (χ4v) is 3.19. The number of carbonyl (C=O) groups is 2. The van der Waals surface area contributed by atoms with Gasteiger partial charge in [-0.15, -0.1) is 0 Å². The molecule has 0 saturated carbocycles. The first-order valence-electron chi connectivity index (χ1n) is 9.87. The zero-order valence-electron chi connectivity index (χ0n) is 16.9. The summed E-state index contributed by atoms with van der Waals surface area (Å²) in [5.41, 5.74) is 4.93. The average Bonchev–Trinajstić information content (AvgIpc) is 2.74. The third-order valence-corrected chi connectivity index (χ3v) is 4.72. The zero-order chi connectivity index (χ0) is 21.3. The maximum Gasteiger partial charge on any atom is 0.407 e. The fourth-order valence-electron chi connectivity index (χ4n) is 3.19. The highest BCUT2D eigenvalue weighted by molar-refractivity contribution is 5.71. The molecule has 0 aliphatic rings. The predicted octanol–water partition coefficient (Wildman–Crippen LogP) is 4.84. The molecule has 0 spiro atoms. The molecular formula is C25H25NO4. The molecule has 0 bridgehead atoms. The van der Waals surface area contributed by atoms with Crippen molar-refractivity contribution in [3.05, 3.63) is 95.6 Å². The van der Waals surface area contributed by atoms with Crippen LogP contribution in [0.1, 0.15) is 23.6 Å². The second-order valence-electron chi connectivity index (χ2n) is 7.28. The van der Waals surface area contributed by atoms with Gasteiger partial charge >= 0.3 is 12.1 Å². The lowest BCUT2D eigenvalue weighted by atomic mass is 10.00. The van der Waals surface area contributed by atoms with Crippen molar-refractivity contribution >= 4 is 12.1 Å². The molecule has 154 valence electrons. The Morgan fingerprint density at radius 2 is 1.40 bits per heavy atom. The number of nitrogens with one attached hydrogen (secondary N) is 1. The summed E-state index contributed by atoms with van der Waals surface area (Å²) in [4.78, 5) is 22.8. The Hall–Kier alpha value is -3.60. The maximum absolute atomic E-state index is 12.0. The number of hydrogen-bond acceptors (Lipinski definition) is 3. The number of amides is 1. The molecule has 3 aromatic carbocycles. The Bertz CT molecular complexity index is 966. The monoisotopic (exact) mass is 403 g/mol. The second-order valence-corrected chi connectivity index (χ2v) is 7.28. The van der Waals surface area contributed by atoms with Crippen molar-refractivity contribution in [3.8, 4) is 11.1 Å². The van der Waals surface area contributed by atoms with E-state index in [9.17, 15) is 9.59 Å². The van der Waals surface area contributed by atoms with Gasteiger partial charge < -0.3 is 15.2 Å². The molecule has 0 unspecified atom stereocenters. The molecule has 2 N–H and O–H groups in total. The van der Waals surface area contributed by atoms with E-state index in [0.29, 0.717) is 6.42 Å². The Kier molecular flexibility index (Phi) is 7.22. The lowest BCUT2D eigenvalue weighted by molar-refractivity contribution is -0.136. The van der Waals surface area contributed by atoms with E-state index in [1.165, 1.54) is 0 Å². The fraction of sp³-hybridized carbons (Fsp3) is 0.200. The van der Waals surface area contributed by atoms with Crippen molar-refractivity contribution in [1.82, 2.24) is 5.32 Å². The molecule has 0 saturated heterocycles. The van der Waals surface area contributed by atoms with Crippen LogP contribution in [-0.4, -0.2) is 23.2 Å². The largest absolute Gasteiger partial charge is 0.481 e. The van der Waals surface area contributed by atoms with E-state index < -0.39 is 12.1 Å². The van der Waals surface area contributed by atoms with Gasteiger partial charge in [-0.25, -0.2) is 4.79 Å². The van der Waals surface area contributed by atoms with Crippen LogP contribution in [0, 0.1) is 0 Å². The Balaban J connectivity index is 1.49. The molecule has 0 aromatic heterocycles. The Labute approximate surface area is 176 Å². The van der Waals surface area contributed by atoms with Crippen LogP contribution in [0.2, 0.25) is 0 Å². The summed E-state index contributed by atoms with van der Waals surface area (Å²) in [6.45, 7) is 2.19. The van der Waals surface area contributed by atoms with E-state index in [1.807, 2.05) is 85.8 Å². The number of benzene rings is 3. The number of hydrogen-bond donors (Lipinski definition) is 2. The molecule has 0 radical (unpaired) electrons. The predicted molar refractivity (Wildman–Crippen MR) is 116 cm³/mol.